The lowest BCUT2D eigenvalue weighted by Gasteiger charge is -2.12. The second-order valence-corrected chi connectivity index (χ2v) is 5.43. The van der Waals surface area contributed by atoms with Gasteiger partial charge in [-0.2, -0.15) is 5.26 Å². The average molecular weight is 337 g/mol. The number of aromatic amines is 1. The molecule has 0 atom stereocenters. The molecule has 5 nitrogen and oxygen atoms in total. The molecule has 0 spiro atoms. The Labute approximate surface area is 144 Å². The van der Waals surface area contributed by atoms with Crippen LogP contribution in [0.5, 0.6) is 11.5 Å². The number of benzene rings is 2. The van der Waals surface area contributed by atoms with Crippen LogP contribution in [0, 0.1) is 24.1 Å². The van der Waals surface area contributed by atoms with E-state index >= 15 is 0 Å². The number of nitrogens with zero attached hydrogens (tertiary/aromatic N) is 2. The van der Waals surface area contributed by atoms with E-state index in [9.17, 15) is 9.65 Å². The largest absolute Gasteiger partial charge is 0.496 e. The minimum Gasteiger partial charge on any atom is -0.496 e. The lowest BCUT2D eigenvalue weighted by molar-refractivity contribution is 0.388. The summed E-state index contributed by atoms with van der Waals surface area (Å²) in [6.07, 6.45) is 1.68. The Hall–Kier alpha value is -3.33. The van der Waals surface area contributed by atoms with Gasteiger partial charge in [-0.25, -0.2) is 9.37 Å². The minimum atomic E-state index is -0.363. The van der Waals surface area contributed by atoms with E-state index in [1.807, 2.05) is 19.1 Å². The molecule has 2 aromatic carbocycles. The lowest BCUT2D eigenvalue weighted by Crippen LogP contribution is -1.95. The predicted octanol–water partition coefficient (Wildman–Crippen LogP) is 4.09. The third-order valence-electron chi connectivity index (χ3n) is 3.93. The number of methoxy groups -OCH3 is 2. The molecule has 0 aliphatic heterocycles. The fourth-order valence-electron chi connectivity index (χ4n) is 2.72. The van der Waals surface area contributed by atoms with Gasteiger partial charge in [0.15, 0.2) is 0 Å². The number of aromatic nitrogens is 2. The van der Waals surface area contributed by atoms with Crippen LogP contribution in [-0.2, 0) is 0 Å². The van der Waals surface area contributed by atoms with Crippen molar-refractivity contribution in [2.24, 2.45) is 0 Å². The Morgan fingerprint density at radius 1 is 1.24 bits per heavy atom. The Bertz CT molecular complexity index is 1020. The molecule has 0 bridgehead atoms. The van der Waals surface area contributed by atoms with E-state index in [-0.39, 0.29) is 5.82 Å². The molecule has 0 aliphatic rings. The van der Waals surface area contributed by atoms with Gasteiger partial charge >= 0.3 is 0 Å². The van der Waals surface area contributed by atoms with Crippen molar-refractivity contribution >= 4 is 22.7 Å². The van der Waals surface area contributed by atoms with Gasteiger partial charge < -0.3 is 14.5 Å². The van der Waals surface area contributed by atoms with E-state index in [1.54, 1.807) is 26.4 Å². The molecule has 0 unspecified atom stereocenters. The van der Waals surface area contributed by atoms with Gasteiger partial charge in [0, 0.05) is 11.1 Å². The predicted molar refractivity (Wildman–Crippen MR) is 93.8 cm³/mol. The van der Waals surface area contributed by atoms with E-state index in [4.69, 9.17) is 9.47 Å². The first-order valence-corrected chi connectivity index (χ1v) is 7.56. The smallest absolute Gasteiger partial charge is 0.149 e. The van der Waals surface area contributed by atoms with Crippen molar-refractivity contribution in [1.82, 2.24) is 9.97 Å². The van der Waals surface area contributed by atoms with Crippen LogP contribution >= 0.6 is 0 Å². The number of rotatable bonds is 4. The summed E-state index contributed by atoms with van der Waals surface area (Å²) in [4.78, 5) is 7.33. The molecule has 0 fully saturated rings. The Kier molecular flexibility index (Phi) is 4.40. The third-order valence-corrected chi connectivity index (χ3v) is 3.93. The van der Waals surface area contributed by atoms with E-state index in [0.717, 1.165) is 11.1 Å². The van der Waals surface area contributed by atoms with Crippen molar-refractivity contribution in [3.8, 4) is 17.6 Å². The molecule has 6 heteroatoms. The van der Waals surface area contributed by atoms with Crippen LogP contribution in [0.25, 0.3) is 22.7 Å². The number of hydrogen-bond acceptors (Lipinski definition) is 4. The first-order valence-electron chi connectivity index (χ1n) is 7.56. The molecule has 1 aromatic heterocycles. The van der Waals surface area contributed by atoms with Crippen LogP contribution in [0.4, 0.5) is 4.39 Å². The SMILES string of the molecule is COc1ccc(/C=C(/C#N)c2nc3ccc(F)cc3[nH]2)c(OC)c1C. The van der Waals surface area contributed by atoms with Gasteiger partial charge in [0.05, 0.1) is 30.8 Å². The summed E-state index contributed by atoms with van der Waals surface area (Å²) in [6.45, 7) is 1.88. The van der Waals surface area contributed by atoms with E-state index in [2.05, 4.69) is 16.0 Å². The van der Waals surface area contributed by atoms with Crippen molar-refractivity contribution < 1.29 is 13.9 Å². The fraction of sp³-hybridized carbons (Fsp3) is 0.158. The van der Waals surface area contributed by atoms with E-state index in [0.29, 0.717) is 33.9 Å². The Balaban J connectivity index is 2.11. The van der Waals surface area contributed by atoms with Crippen molar-refractivity contribution in [3.05, 3.63) is 53.1 Å². The van der Waals surface area contributed by atoms with Crippen molar-refractivity contribution in [1.29, 1.82) is 5.26 Å². The molecule has 1 heterocycles. The summed E-state index contributed by atoms with van der Waals surface area (Å²) in [7, 11) is 3.15. The van der Waals surface area contributed by atoms with Gasteiger partial charge in [0.1, 0.15) is 29.2 Å². The van der Waals surface area contributed by atoms with Crippen LogP contribution < -0.4 is 9.47 Å². The molecule has 3 aromatic rings. The third kappa shape index (κ3) is 3.04. The zero-order valence-corrected chi connectivity index (χ0v) is 14.1. The maximum atomic E-state index is 13.3. The summed E-state index contributed by atoms with van der Waals surface area (Å²) < 4.78 is 24.1. The van der Waals surface area contributed by atoms with Gasteiger partial charge in [-0.05, 0) is 43.3 Å². The zero-order valence-electron chi connectivity index (χ0n) is 14.1. The van der Waals surface area contributed by atoms with Gasteiger partial charge in [-0.1, -0.05) is 0 Å². The van der Waals surface area contributed by atoms with Crippen LogP contribution in [0.3, 0.4) is 0 Å². The number of halogens is 1. The van der Waals surface area contributed by atoms with Gasteiger partial charge in [0.25, 0.3) is 0 Å². The van der Waals surface area contributed by atoms with E-state index in [1.165, 1.54) is 12.1 Å². The zero-order chi connectivity index (χ0) is 18.0. The molecule has 0 saturated carbocycles. The highest BCUT2D eigenvalue weighted by molar-refractivity contribution is 5.91. The number of ether oxygens (including phenoxy) is 2. The number of nitriles is 1. The topological polar surface area (TPSA) is 70.9 Å². The first kappa shape index (κ1) is 16.5. The normalized spacial score (nSPS) is 11.4. The van der Waals surface area contributed by atoms with Crippen molar-refractivity contribution in [2.75, 3.05) is 14.2 Å². The molecule has 0 radical (unpaired) electrons. The first-order chi connectivity index (χ1) is 12.1. The number of imidazole rings is 1. The van der Waals surface area contributed by atoms with Crippen molar-refractivity contribution in [3.63, 3.8) is 0 Å². The quantitative estimate of drug-likeness (QED) is 0.728. The number of nitrogens with one attached hydrogen (secondary N) is 1. The summed E-state index contributed by atoms with van der Waals surface area (Å²) in [5, 5.41) is 9.54. The number of allylic oxidation sites excluding steroid dienone is 1. The second kappa shape index (κ2) is 6.65. The Morgan fingerprint density at radius 3 is 2.72 bits per heavy atom. The molecular weight excluding hydrogens is 321 g/mol. The van der Waals surface area contributed by atoms with Crippen LogP contribution in [0.2, 0.25) is 0 Å². The fourth-order valence-corrected chi connectivity index (χ4v) is 2.72. The van der Waals surface area contributed by atoms with Crippen LogP contribution in [0.15, 0.2) is 30.3 Å². The molecule has 0 amide bonds. The summed E-state index contributed by atoms with van der Waals surface area (Å²) in [6, 6.07) is 10.00. The monoisotopic (exact) mass is 337 g/mol. The summed E-state index contributed by atoms with van der Waals surface area (Å²) in [5.74, 6) is 1.33. The summed E-state index contributed by atoms with van der Waals surface area (Å²) in [5.41, 5.74) is 3.01. The second-order valence-electron chi connectivity index (χ2n) is 5.43. The highest BCUT2D eigenvalue weighted by atomic mass is 19.1. The highest BCUT2D eigenvalue weighted by Gasteiger charge is 2.13. The minimum absolute atomic E-state index is 0.319. The van der Waals surface area contributed by atoms with Gasteiger partial charge in [-0.3, -0.25) is 0 Å². The molecule has 3 rings (SSSR count). The van der Waals surface area contributed by atoms with Crippen LogP contribution in [0.1, 0.15) is 17.0 Å². The molecule has 126 valence electrons. The lowest BCUT2D eigenvalue weighted by atomic mass is 10.1. The van der Waals surface area contributed by atoms with Crippen molar-refractivity contribution in [2.45, 2.75) is 6.92 Å². The number of hydrogen-bond donors (Lipinski definition) is 1. The number of H-pyrrole nitrogens is 1. The average Bonchev–Trinajstić information content (AvgIpc) is 3.02. The van der Waals surface area contributed by atoms with Gasteiger partial charge in [-0.15, -0.1) is 0 Å². The molecular formula is C19H16FN3O2. The maximum absolute atomic E-state index is 13.3. The standard InChI is InChI=1S/C19H16FN3O2/c1-11-17(24-2)7-4-12(18(11)25-3)8-13(10-21)19-22-15-6-5-14(20)9-16(15)23-19/h4-9H,1-3H3,(H,22,23)/b13-8-. The molecule has 25 heavy (non-hydrogen) atoms. The highest BCUT2D eigenvalue weighted by Crippen LogP contribution is 2.33. The Morgan fingerprint density at radius 2 is 2.04 bits per heavy atom. The van der Waals surface area contributed by atoms with Crippen LogP contribution in [-0.4, -0.2) is 24.2 Å². The molecule has 0 saturated heterocycles. The molecule has 0 aliphatic carbocycles. The maximum Gasteiger partial charge on any atom is 0.149 e. The van der Waals surface area contributed by atoms with E-state index < -0.39 is 0 Å². The van der Waals surface area contributed by atoms with Gasteiger partial charge in [0.2, 0.25) is 0 Å². The molecule has 1 N–H and O–H groups in total. The summed E-state index contributed by atoms with van der Waals surface area (Å²) >= 11 is 0. The number of fused-ring (bicyclic) bond motifs is 1.